The van der Waals surface area contributed by atoms with E-state index in [0.29, 0.717) is 0 Å². The van der Waals surface area contributed by atoms with Crippen molar-refractivity contribution >= 4 is 0 Å². The molecule has 0 saturated carbocycles. The van der Waals surface area contributed by atoms with Gasteiger partial charge in [0.25, 0.3) is 0 Å². The van der Waals surface area contributed by atoms with E-state index in [4.69, 9.17) is 0 Å². The molecule has 0 heterocycles. The van der Waals surface area contributed by atoms with Crippen LogP contribution in [-0.2, 0) is 0 Å². The molecule has 0 aliphatic rings. The van der Waals surface area contributed by atoms with Crippen LogP contribution in [0.25, 0.3) is 0 Å². The maximum atomic E-state index is 3.55. The molecule has 0 rings (SSSR count). The standard InChI is InChI=1S/C11H16/c1-3-5-7-9-11-10-8-6-4-2/h3,5,7H,1,4,6,8,10H2,2H3/b7-5-. The van der Waals surface area contributed by atoms with E-state index >= 15 is 0 Å². The van der Waals surface area contributed by atoms with Crippen LogP contribution in [-0.4, -0.2) is 0 Å². The Morgan fingerprint density at radius 2 is 2.18 bits per heavy atom. The van der Waals surface area contributed by atoms with Crippen molar-refractivity contribution in [3.8, 4) is 11.8 Å². The highest BCUT2D eigenvalue weighted by Crippen LogP contribution is 1.96. The predicted molar refractivity (Wildman–Crippen MR) is 51.3 cm³/mol. The Morgan fingerprint density at radius 1 is 1.36 bits per heavy atom. The van der Waals surface area contributed by atoms with Gasteiger partial charge in [0.05, 0.1) is 0 Å². The van der Waals surface area contributed by atoms with Crippen LogP contribution in [0.1, 0.15) is 32.6 Å². The maximum absolute atomic E-state index is 3.55. The Bertz CT molecular complexity index is 164. The van der Waals surface area contributed by atoms with Crippen molar-refractivity contribution in [3.63, 3.8) is 0 Å². The fraction of sp³-hybridized carbons (Fsp3) is 0.455. The molecule has 60 valence electrons. The first-order valence-corrected chi connectivity index (χ1v) is 4.17. The van der Waals surface area contributed by atoms with E-state index in [0.717, 1.165) is 6.42 Å². The lowest BCUT2D eigenvalue weighted by Crippen LogP contribution is -1.69. The quantitative estimate of drug-likeness (QED) is 0.326. The smallest absolute Gasteiger partial charge is 0.00922 e. The number of unbranched alkanes of at least 4 members (excludes halogenated alkanes) is 3. The second-order valence-corrected chi connectivity index (χ2v) is 2.37. The van der Waals surface area contributed by atoms with Crippen molar-refractivity contribution < 1.29 is 0 Å². The highest BCUT2D eigenvalue weighted by molar-refractivity contribution is 5.18. The summed E-state index contributed by atoms with van der Waals surface area (Å²) in [4.78, 5) is 0. The Hall–Kier alpha value is -0.960. The molecule has 0 fully saturated rings. The summed E-state index contributed by atoms with van der Waals surface area (Å²) in [5.41, 5.74) is 0. The Balaban J connectivity index is 3.25. The first-order valence-electron chi connectivity index (χ1n) is 4.17. The van der Waals surface area contributed by atoms with Gasteiger partial charge in [0.1, 0.15) is 0 Å². The molecule has 0 atom stereocenters. The van der Waals surface area contributed by atoms with Gasteiger partial charge in [0, 0.05) is 6.42 Å². The van der Waals surface area contributed by atoms with Crippen LogP contribution in [0.3, 0.4) is 0 Å². The zero-order chi connectivity index (χ0) is 8.36. The summed E-state index contributed by atoms with van der Waals surface area (Å²) in [6.45, 7) is 5.75. The molecule has 0 aromatic rings. The van der Waals surface area contributed by atoms with Crippen molar-refractivity contribution in [2.24, 2.45) is 0 Å². The van der Waals surface area contributed by atoms with E-state index in [1.54, 1.807) is 6.08 Å². The van der Waals surface area contributed by atoms with Crippen LogP contribution in [0.4, 0.5) is 0 Å². The fourth-order valence-corrected chi connectivity index (χ4v) is 0.711. The summed E-state index contributed by atoms with van der Waals surface area (Å²) in [6, 6.07) is 0. The molecular formula is C11H16. The lowest BCUT2D eigenvalue weighted by atomic mass is 10.2. The average molecular weight is 148 g/mol. The summed E-state index contributed by atoms with van der Waals surface area (Å²) in [6.07, 6.45) is 10.2. The van der Waals surface area contributed by atoms with Crippen molar-refractivity contribution in [2.75, 3.05) is 0 Å². The van der Waals surface area contributed by atoms with Crippen LogP contribution >= 0.6 is 0 Å². The van der Waals surface area contributed by atoms with Crippen LogP contribution in [0, 0.1) is 11.8 Å². The first kappa shape index (κ1) is 10.0. The third kappa shape index (κ3) is 9.04. The van der Waals surface area contributed by atoms with Gasteiger partial charge in [-0.2, -0.15) is 0 Å². The van der Waals surface area contributed by atoms with Crippen LogP contribution in [0.2, 0.25) is 0 Å². The molecule has 0 nitrogen and oxygen atoms in total. The van der Waals surface area contributed by atoms with Gasteiger partial charge in [0.15, 0.2) is 0 Å². The monoisotopic (exact) mass is 148 g/mol. The van der Waals surface area contributed by atoms with Gasteiger partial charge >= 0.3 is 0 Å². The molecule has 0 N–H and O–H groups in total. The minimum atomic E-state index is 1.02. The molecule has 0 bridgehead atoms. The number of rotatable bonds is 4. The molecule has 0 saturated heterocycles. The Morgan fingerprint density at radius 3 is 2.82 bits per heavy atom. The lowest BCUT2D eigenvalue weighted by Gasteiger charge is -1.87. The lowest BCUT2D eigenvalue weighted by molar-refractivity contribution is 0.737. The summed E-state index contributed by atoms with van der Waals surface area (Å²) in [5, 5.41) is 0. The van der Waals surface area contributed by atoms with E-state index in [-0.39, 0.29) is 0 Å². The third-order valence-corrected chi connectivity index (χ3v) is 1.32. The Labute approximate surface area is 70.0 Å². The highest BCUT2D eigenvalue weighted by Gasteiger charge is 1.78. The molecular weight excluding hydrogens is 132 g/mol. The first-order chi connectivity index (χ1) is 5.41. The van der Waals surface area contributed by atoms with Crippen LogP contribution in [0.5, 0.6) is 0 Å². The number of hydrogen-bond donors (Lipinski definition) is 0. The number of hydrogen-bond acceptors (Lipinski definition) is 0. The van der Waals surface area contributed by atoms with E-state index in [1.165, 1.54) is 19.3 Å². The number of allylic oxidation sites excluding steroid dienone is 3. The van der Waals surface area contributed by atoms with Crippen LogP contribution < -0.4 is 0 Å². The van der Waals surface area contributed by atoms with E-state index in [2.05, 4.69) is 25.3 Å². The zero-order valence-corrected chi connectivity index (χ0v) is 7.27. The molecule has 0 heteroatoms. The molecule has 0 aliphatic carbocycles. The summed E-state index contributed by atoms with van der Waals surface area (Å²) in [7, 11) is 0. The van der Waals surface area contributed by atoms with Gasteiger partial charge in [0.2, 0.25) is 0 Å². The third-order valence-electron chi connectivity index (χ3n) is 1.32. The second kappa shape index (κ2) is 9.04. The average Bonchev–Trinajstić information content (AvgIpc) is 2.03. The van der Waals surface area contributed by atoms with Gasteiger partial charge in [-0.05, 0) is 12.5 Å². The van der Waals surface area contributed by atoms with E-state index in [9.17, 15) is 0 Å². The van der Waals surface area contributed by atoms with E-state index in [1.807, 2.05) is 12.2 Å². The molecule has 0 unspecified atom stereocenters. The van der Waals surface area contributed by atoms with E-state index < -0.39 is 0 Å². The van der Waals surface area contributed by atoms with Crippen molar-refractivity contribution in [1.82, 2.24) is 0 Å². The zero-order valence-electron chi connectivity index (χ0n) is 7.27. The highest BCUT2D eigenvalue weighted by atomic mass is 13.8. The molecule has 0 aliphatic heterocycles. The SMILES string of the molecule is C=C/C=C\C#CCCCCC. The predicted octanol–water partition coefficient (Wildman–Crippen LogP) is 3.31. The van der Waals surface area contributed by atoms with Crippen molar-refractivity contribution in [3.05, 3.63) is 24.8 Å². The maximum Gasteiger partial charge on any atom is 0.00922 e. The van der Waals surface area contributed by atoms with Gasteiger partial charge in [-0.15, -0.1) is 0 Å². The Kier molecular flexibility index (Phi) is 8.25. The molecule has 0 aromatic carbocycles. The van der Waals surface area contributed by atoms with Gasteiger partial charge in [-0.25, -0.2) is 0 Å². The fourth-order valence-electron chi connectivity index (χ4n) is 0.711. The molecule has 0 aromatic heterocycles. The molecule has 0 spiro atoms. The minimum Gasteiger partial charge on any atom is -0.0990 e. The van der Waals surface area contributed by atoms with Crippen molar-refractivity contribution in [2.45, 2.75) is 32.6 Å². The normalized spacial score (nSPS) is 9.18. The van der Waals surface area contributed by atoms with Gasteiger partial charge in [-0.1, -0.05) is 50.3 Å². The van der Waals surface area contributed by atoms with Crippen LogP contribution in [0.15, 0.2) is 24.8 Å². The molecule has 0 amide bonds. The summed E-state index contributed by atoms with van der Waals surface area (Å²) in [5.74, 6) is 6.01. The minimum absolute atomic E-state index is 1.02. The summed E-state index contributed by atoms with van der Waals surface area (Å²) >= 11 is 0. The summed E-state index contributed by atoms with van der Waals surface area (Å²) < 4.78 is 0. The van der Waals surface area contributed by atoms with Gasteiger partial charge in [-0.3, -0.25) is 0 Å². The topological polar surface area (TPSA) is 0 Å². The van der Waals surface area contributed by atoms with Gasteiger partial charge < -0.3 is 0 Å². The largest absolute Gasteiger partial charge is 0.0990 e. The second-order valence-electron chi connectivity index (χ2n) is 2.37. The van der Waals surface area contributed by atoms with Crippen molar-refractivity contribution in [1.29, 1.82) is 0 Å². The molecule has 0 radical (unpaired) electrons. The molecule has 11 heavy (non-hydrogen) atoms.